The highest BCUT2D eigenvalue weighted by Gasteiger charge is 2.17. The van der Waals surface area contributed by atoms with Crippen molar-refractivity contribution in [1.82, 2.24) is 4.57 Å². The van der Waals surface area contributed by atoms with Crippen LogP contribution in [-0.2, 0) is 11.8 Å². The van der Waals surface area contributed by atoms with Crippen molar-refractivity contribution in [2.75, 3.05) is 5.32 Å². The van der Waals surface area contributed by atoms with Crippen LogP contribution in [0.4, 0.5) is 5.69 Å². The van der Waals surface area contributed by atoms with Crippen molar-refractivity contribution in [3.05, 3.63) is 30.5 Å². The van der Waals surface area contributed by atoms with Gasteiger partial charge >= 0.3 is 0 Å². The molecule has 3 rings (SSSR count). The number of hydrogen-bond acceptors (Lipinski definition) is 1. The zero-order valence-electron chi connectivity index (χ0n) is 12.1. The molecule has 0 atom stereocenters. The lowest BCUT2D eigenvalue weighted by atomic mass is 9.87. The highest BCUT2D eigenvalue weighted by atomic mass is 16.1. The number of aromatic nitrogens is 1. The Bertz CT molecular complexity index is 608. The molecule has 1 saturated carbocycles. The lowest BCUT2D eigenvalue weighted by molar-refractivity contribution is -0.117. The van der Waals surface area contributed by atoms with Gasteiger partial charge in [0.05, 0.1) is 0 Å². The SMILES string of the molecule is Cn1ccc2ccc(NC(=O)CC3CCCCC3)cc21. The normalized spacial score (nSPS) is 16.4. The second-order valence-electron chi connectivity index (χ2n) is 5.96. The van der Waals surface area contributed by atoms with E-state index >= 15 is 0 Å². The number of aryl methyl sites for hydroxylation is 1. The van der Waals surface area contributed by atoms with E-state index in [9.17, 15) is 4.79 Å². The third kappa shape index (κ3) is 2.87. The largest absolute Gasteiger partial charge is 0.350 e. The van der Waals surface area contributed by atoms with Gasteiger partial charge in [-0.3, -0.25) is 4.79 Å². The van der Waals surface area contributed by atoms with Gasteiger partial charge in [0.1, 0.15) is 0 Å². The lowest BCUT2D eigenvalue weighted by Gasteiger charge is -2.20. The molecule has 2 aromatic rings. The molecule has 1 amide bonds. The fourth-order valence-corrected chi connectivity index (χ4v) is 3.21. The molecule has 3 heteroatoms. The zero-order chi connectivity index (χ0) is 13.9. The topological polar surface area (TPSA) is 34.0 Å². The third-order valence-electron chi connectivity index (χ3n) is 4.37. The molecule has 0 radical (unpaired) electrons. The van der Waals surface area contributed by atoms with Crippen molar-refractivity contribution in [3.8, 4) is 0 Å². The van der Waals surface area contributed by atoms with E-state index in [0.29, 0.717) is 12.3 Å². The van der Waals surface area contributed by atoms with Gasteiger partial charge in [-0.15, -0.1) is 0 Å². The summed E-state index contributed by atoms with van der Waals surface area (Å²) in [7, 11) is 2.02. The van der Waals surface area contributed by atoms with E-state index < -0.39 is 0 Å². The van der Waals surface area contributed by atoms with E-state index in [1.54, 1.807) is 0 Å². The van der Waals surface area contributed by atoms with Gasteiger partial charge in [-0.25, -0.2) is 0 Å². The fraction of sp³-hybridized carbons (Fsp3) is 0.471. The molecule has 1 heterocycles. The molecule has 3 nitrogen and oxygen atoms in total. The zero-order valence-corrected chi connectivity index (χ0v) is 12.1. The number of nitrogens with one attached hydrogen (secondary N) is 1. The fourth-order valence-electron chi connectivity index (χ4n) is 3.21. The monoisotopic (exact) mass is 270 g/mol. The van der Waals surface area contributed by atoms with Gasteiger partial charge in [-0.1, -0.05) is 25.3 Å². The van der Waals surface area contributed by atoms with Crippen LogP contribution in [0, 0.1) is 5.92 Å². The molecule has 106 valence electrons. The molecule has 1 aliphatic carbocycles. The first-order valence-electron chi connectivity index (χ1n) is 7.57. The first-order valence-corrected chi connectivity index (χ1v) is 7.57. The van der Waals surface area contributed by atoms with Gasteiger partial charge in [-0.2, -0.15) is 0 Å². The predicted octanol–water partition coefficient (Wildman–Crippen LogP) is 4.09. The second-order valence-corrected chi connectivity index (χ2v) is 5.96. The molecule has 0 spiro atoms. The lowest BCUT2D eigenvalue weighted by Crippen LogP contribution is -2.18. The van der Waals surface area contributed by atoms with Crippen molar-refractivity contribution < 1.29 is 4.79 Å². The van der Waals surface area contributed by atoms with Gasteiger partial charge in [0.25, 0.3) is 0 Å². The van der Waals surface area contributed by atoms with Crippen LogP contribution >= 0.6 is 0 Å². The molecule has 0 unspecified atom stereocenters. The number of anilines is 1. The van der Waals surface area contributed by atoms with Crippen LogP contribution in [0.5, 0.6) is 0 Å². The standard InChI is InChI=1S/C17H22N2O/c1-19-10-9-14-7-8-15(12-16(14)19)18-17(20)11-13-5-3-2-4-6-13/h7-10,12-13H,2-6,11H2,1H3,(H,18,20). The molecular weight excluding hydrogens is 248 g/mol. The quantitative estimate of drug-likeness (QED) is 0.895. The van der Waals surface area contributed by atoms with Gasteiger partial charge in [0.2, 0.25) is 5.91 Å². The van der Waals surface area contributed by atoms with E-state index in [-0.39, 0.29) is 5.91 Å². The van der Waals surface area contributed by atoms with Crippen LogP contribution in [0.2, 0.25) is 0 Å². The Labute approximate surface area is 120 Å². The number of nitrogens with zero attached hydrogens (tertiary/aromatic N) is 1. The van der Waals surface area contributed by atoms with Crippen molar-refractivity contribution in [3.63, 3.8) is 0 Å². The van der Waals surface area contributed by atoms with Crippen molar-refractivity contribution in [1.29, 1.82) is 0 Å². The van der Waals surface area contributed by atoms with Crippen LogP contribution < -0.4 is 5.32 Å². The highest BCUT2D eigenvalue weighted by Crippen LogP contribution is 2.27. The van der Waals surface area contributed by atoms with E-state index in [2.05, 4.69) is 22.0 Å². The number of rotatable bonds is 3. The number of carbonyl (C=O) groups excluding carboxylic acids is 1. The Morgan fingerprint density at radius 1 is 1.25 bits per heavy atom. The summed E-state index contributed by atoms with van der Waals surface area (Å²) in [6, 6.07) is 8.18. The number of carbonyl (C=O) groups is 1. The smallest absolute Gasteiger partial charge is 0.224 e. The minimum atomic E-state index is 0.158. The number of benzene rings is 1. The van der Waals surface area contributed by atoms with E-state index in [1.807, 2.05) is 25.4 Å². The van der Waals surface area contributed by atoms with Crippen molar-refractivity contribution in [2.45, 2.75) is 38.5 Å². The molecule has 20 heavy (non-hydrogen) atoms. The van der Waals surface area contributed by atoms with E-state index in [1.165, 1.54) is 37.5 Å². The molecule has 1 aromatic heterocycles. The van der Waals surface area contributed by atoms with Gasteiger partial charge in [0.15, 0.2) is 0 Å². The minimum absolute atomic E-state index is 0.158. The molecule has 1 aromatic carbocycles. The maximum atomic E-state index is 12.1. The summed E-state index contributed by atoms with van der Waals surface area (Å²) < 4.78 is 2.08. The Morgan fingerprint density at radius 2 is 2.05 bits per heavy atom. The Kier molecular flexibility index (Phi) is 3.77. The highest BCUT2D eigenvalue weighted by molar-refractivity contribution is 5.93. The molecular formula is C17H22N2O. The van der Waals surface area contributed by atoms with Crippen LogP contribution in [0.3, 0.4) is 0 Å². The molecule has 1 aliphatic rings. The van der Waals surface area contributed by atoms with Crippen LogP contribution in [0.1, 0.15) is 38.5 Å². The van der Waals surface area contributed by atoms with Crippen molar-refractivity contribution >= 4 is 22.5 Å². The summed E-state index contributed by atoms with van der Waals surface area (Å²) in [5.74, 6) is 0.743. The first-order chi connectivity index (χ1) is 9.72. The summed E-state index contributed by atoms with van der Waals surface area (Å²) in [4.78, 5) is 12.1. The third-order valence-corrected chi connectivity index (χ3v) is 4.37. The molecule has 0 bridgehead atoms. The summed E-state index contributed by atoms with van der Waals surface area (Å²) in [5.41, 5.74) is 2.06. The van der Waals surface area contributed by atoms with Gasteiger partial charge < -0.3 is 9.88 Å². The van der Waals surface area contributed by atoms with Crippen LogP contribution in [0.15, 0.2) is 30.5 Å². The molecule has 0 saturated heterocycles. The van der Waals surface area contributed by atoms with Crippen molar-refractivity contribution in [2.24, 2.45) is 13.0 Å². The maximum Gasteiger partial charge on any atom is 0.224 e. The second kappa shape index (κ2) is 5.70. The van der Waals surface area contributed by atoms with Gasteiger partial charge in [-0.05, 0) is 42.3 Å². The Morgan fingerprint density at radius 3 is 2.85 bits per heavy atom. The summed E-state index contributed by atoms with van der Waals surface area (Å²) in [6.07, 6.45) is 9.04. The number of amides is 1. The van der Waals surface area contributed by atoms with E-state index in [4.69, 9.17) is 0 Å². The Balaban J connectivity index is 1.65. The first kappa shape index (κ1) is 13.2. The summed E-state index contributed by atoms with van der Waals surface area (Å²) in [5, 5.41) is 4.25. The number of fused-ring (bicyclic) bond motifs is 1. The Hall–Kier alpha value is -1.77. The van der Waals surface area contributed by atoms with Gasteiger partial charge in [0, 0.05) is 30.9 Å². The molecule has 0 aliphatic heterocycles. The van der Waals surface area contributed by atoms with Crippen LogP contribution in [-0.4, -0.2) is 10.5 Å². The minimum Gasteiger partial charge on any atom is -0.350 e. The summed E-state index contributed by atoms with van der Waals surface area (Å²) >= 11 is 0. The molecule has 1 N–H and O–H groups in total. The molecule has 1 fully saturated rings. The summed E-state index contributed by atoms with van der Waals surface area (Å²) in [6.45, 7) is 0. The maximum absolute atomic E-state index is 12.1. The average Bonchev–Trinajstić information content (AvgIpc) is 2.81. The average molecular weight is 270 g/mol. The number of hydrogen-bond donors (Lipinski definition) is 1. The predicted molar refractivity (Wildman–Crippen MR) is 82.7 cm³/mol. The van der Waals surface area contributed by atoms with E-state index in [0.717, 1.165) is 11.2 Å². The van der Waals surface area contributed by atoms with Crippen LogP contribution in [0.25, 0.3) is 10.9 Å².